The number of para-hydroxylation sites is 1. The van der Waals surface area contributed by atoms with E-state index in [1.165, 1.54) is 71.6 Å². The number of thiophene rings is 1. The molecule has 0 saturated heterocycles. The Morgan fingerprint density at radius 1 is 0.481 bits per heavy atom. The van der Waals surface area contributed by atoms with E-state index < -0.39 is 0 Å². The molecule has 6 aromatic carbocycles. The van der Waals surface area contributed by atoms with Crippen LogP contribution in [0.4, 0.5) is 0 Å². The van der Waals surface area contributed by atoms with E-state index in [4.69, 9.17) is 15.0 Å². The van der Waals surface area contributed by atoms with Crippen LogP contribution in [-0.4, -0.2) is 19.5 Å². The smallest absolute Gasteiger partial charge is 0.164 e. The summed E-state index contributed by atoms with van der Waals surface area (Å²) in [5, 5.41) is 5.14. The molecular formula is C47H38N4S. The van der Waals surface area contributed by atoms with Crippen LogP contribution in [0.2, 0.25) is 0 Å². The summed E-state index contributed by atoms with van der Waals surface area (Å²) < 4.78 is 5.01. The van der Waals surface area contributed by atoms with Crippen LogP contribution < -0.4 is 0 Å². The maximum absolute atomic E-state index is 5.02. The summed E-state index contributed by atoms with van der Waals surface area (Å²) in [6.45, 7) is 9.67. The molecule has 4 nitrogen and oxygen atoms in total. The van der Waals surface area contributed by atoms with E-state index in [2.05, 4.69) is 129 Å². The lowest BCUT2D eigenvalue weighted by atomic mass is 9.63. The molecule has 3 aromatic heterocycles. The quantitative estimate of drug-likeness (QED) is 0.185. The molecule has 52 heavy (non-hydrogen) atoms. The molecule has 0 radical (unpaired) electrons. The van der Waals surface area contributed by atoms with Crippen LogP contribution in [0.5, 0.6) is 0 Å². The Morgan fingerprint density at radius 2 is 1.06 bits per heavy atom. The topological polar surface area (TPSA) is 43.6 Å². The van der Waals surface area contributed by atoms with Gasteiger partial charge in [0.15, 0.2) is 17.5 Å². The first kappa shape index (κ1) is 31.1. The van der Waals surface area contributed by atoms with Gasteiger partial charge in [0.05, 0.1) is 21.4 Å². The molecule has 0 bridgehead atoms. The predicted octanol–water partition coefficient (Wildman–Crippen LogP) is 12.7. The predicted molar refractivity (Wildman–Crippen MR) is 219 cm³/mol. The monoisotopic (exact) mass is 690 g/mol. The Labute approximate surface area is 307 Å². The van der Waals surface area contributed by atoms with E-state index in [0.29, 0.717) is 17.5 Å². The molecule has 9 aromatic rings. The van der Waals surface area contributed by atoms with Crippen LogP contribution in [0, 0.1) is 0 Å². The lowest BCUT2D eigenvalue weighted by Gasteiger charge is -2.42. The van der Waals surface area contributed by atoms with Crippen molar-refractivity contribution in [1.29, 1.82) is 0 Å². The molecule has 0 aliphatic heterocycles. The number of hydrogen-bond acceptors (Lipinski definition) is 4. The van der Waals surface area contributed by atoms with Crippen molar-refractivity contribution in [3.05, 3.63) is 145 Å². The number of hydrogen-bond donors (Lipinski definition) is 0. The number of rotatable bonds is 4. The molecule has 0 unspecified atom stereocenters. The second-order valence-corrected chi connectivity index (χ2v) is 16.6. The Kier molecular flexibility index (Phi) is 6.84. The molecule has 252 valence electrons. The molecule has 0 saturated carbocycles. The van der Waals surface area contributed by atoms with Crippen LogP contribution in [0.25, 0.3) is 81.8 Å². The van der Waals surface area contributed by atoms with E-state index >= 15 is 0 Å². The van der Waals surface area contributed by atoms with Crippen LogP contribution in [0.15, 0.2) is 133 Å². The fourth-order valence-corrected chi connectivity index (χ4v) is 9.57. The fourth-order valence-electron chi connectivity index (χ4n) is 8.33. The lowest BCUT2D eigenvalue weighted by molar-refractivity contribution is 0.332. The molecule has 0 spiro atoms. The third-order valence-electron chi connectivity index (χ3n) is 11.3. The summed E-state index contributed by atoms with van der Waals surface area (Å²) in [6, 6.07) is 47.7. The van der Waals surface area contributed by atoms with E-state index in [1.807, 2.05) is 47.7 Å². The summed E-state index contributed by atoms with van der Waals surface area (Å²) in [7, 11) is 0. The third kappa shape index (κ3) is 4.83. The summed E-state index contributed by atoms with van der Waals surface area (Å²) in [4.78, 5) is 15.0. The first-order valence-electron chi connectivity index (χ1n) is 18.2. The van der Waals surface area contributed by atoms with Gasteiger partial charge in [0, 0.05) is 42.9 Å². The van der Waals surface area contributed by atoms with Gasteiger partial charge in [-0.3, -0.25) is 0 Å². The van der Waals surface area contributed by atoms with Gasteiger partial charge in [0.2, 0.25) is 0 Å². The molecule has 3 heterocycles. The van der Waals surface area contributed by atoms with Crippen molar-refractivity contribution in [2.24, 2.45) is 0 Å². The average molecular weight is 691 g/mol. The maximum Gasteiger partial charge on any atom is 0.164 e. The van der Waals surface area contributed by atoms with Gasteiger partial charge in [-0.2, -0.15) is 0 Å². The van der Waals surface area contributed by atoms with Crippen molar-refractivity contribution in [2.75, 3.05) is 0 Å². The van der Waals surface area contributed by atoms with Crippen molar-refractivity contribution >= 4 is 53.3 Å². The van der Waals surface area contributed by atoms with Gasteiger partial charge in [0.25, 0.3) is 0 Å². The fraction of sp³-hybridized carbons (Fsp3) is 0.170. The van der Waals surface area contributed by atoms with E-state index in [9.17, 15) is 0 Å². The highest BCUT2D eigenvalue weighted by Gasteiger charge is 2.38. The van der Waals surface area contributed by atoms with Crippen molar-refractivity contribution in [2.45, 2.75) is 51.4 Å². The van der Waals surface area contributed by atoms with E-state index in [0.717, 1.165) is 16.7 Å². The summed E-state index contributed by atoms with van der Waals surface area (Å²) in [6.07, 6.45) is 2.39. The van der Waals surface area contributed by atoms with Gasteiger partial charge in [-0.25, -0.2) is 15.0 Å². The molecule has 10 rings (SSSR count). The Hall–Kier alpha value is -5.65. The number of aromatic nitrogens is 4. The molecule has 0 N–H and O–H groups in total. The average Bonchev–Trinajstić information content (AvgIpc) is 3.72. The minimum Gasteiger partial charge on any atom is -0.308 e. The highest BCUT2D eigenvalue weighted by atomic mass is 32.1. The van der Waals surface area contributed by atoms with Crippen molar-refractivity contribution < 1.29 is 0 Å². The standard InChI is InChI=1S/C47H38N4S/c1-46(2)24-25-47(3,4)37-28-40-35(27-36(37)46)32-18-11-12-20-38(32)51(40)39-21-13-19-34-33-23-22-31(26-41(33)52-42(34)39)45-49-43(29-14-7-5-8-15-29)48-44(50-45)30-16-9-6-10-17-30/h5-23,26-28H,24-25H2,1-4H3. The van der Waals surface area contributed by atoms with Crippen molar-refractivity contribution in [3.63, 3.8) is 0 Å². The maximum atomic E-state index is 5.02. The molecule has 5 heteroatoms. The third-order valence-corrected chi connectivity index (χ3v) is 12.5. The second kappa shape index (κ2) is 11.4. The number of benzene rings is 6. The number of fused-ring (bicyclic) bond motifs is 7. The molecule has 1 aliphatic rings. The van der Waals surface area contributed by atoms with Gasteiger partial charge in [-0.15, -0.1) is 11.3 Å². The van der Waals surface area contributed by atoms with E-state index in [-0.39, 0.29) is 10.8 Å². The molecule has 0 atom stereocenters. The highest BCUT2D eigenvalue weighted by Crippen LogP contribution is 2.49. The minimum atomic E-state index is 0.121. The minimum absolute atomic E-state index is 0.121. The second-order valence-electron chi connectivity index (χ2n) is 15.5. The van der Waals surface area contributed by atoms with Crippen LogP contribution in [-0.2, 0) is 10.8 Å². The highest BCUT2D eigenvalue weighted by molar-refractivity contribution is 7.26. The zero-order chi connectivity index (χ0) is 35.2. The Morgan fingerprint density at radius 3 is 1.73 bits per heavy atom. The van der Waals surface area contributed by atoms with Crippen molar-refractivity contribution in [1.82, 2.24) is 19.5 Å². The lowest BCUT2D eigenvalue weighted by Crippen LogP contribution is -2.33. The SMILES string of the molecule is CC1(C)CCC(C)(C)c2cc3c(cc21)c1ccccc1n3-c1cccc2c1sc1cc(-c3nc(-c4ccccc4)nc(-c4ccccc4)n3)ccc12. The van der Waals surface area contributed by atoms with Gasteiger partial charge < -0.3 is 4.57 Å². The van der Waals surface area contributed by atoms with E-state index in [1.54, 1.807) is 0 Å². The molecular weight excluding hydrogens is 653 g/mol. The van der Waals surface area contributed by atoms with Crippen LogP contribution >= 0.6 is 11.3 Å². The van der Waals surface area contributed by atoms with Gasteiger partial charge in [-0.1, -0.05) is 131 Å². The van der Waals surface area contributed by atoms with Gasteiger partial charge in [-0.05, 0) is 65.1 Å². The number of nitrogens with zero attached hydrogens (tertiary/aromatic N) is 4. The molecule has 1 aliphatic carbocycles. The van der Waals surface area contributed by atoms with Crippen molar-refractivity contribution in [3.8, 4) is 39.9 Å². The molecule has 0 fully saturated rings. The van der Waals surface area contributed by atoms with Gasteiger partial charge in [0.1, 0.15) is 0 Å². The normalized spacial score (nSPS) is 15.1. The van der Waals surface area contributed by atoms with Crippen LogP contribution in [0.3, 0.4) is 0 Å². The largest absolute Gasteiger partial charge is 0.308 e. The van der Waals surface area contributed by atoms with Crippen LogP contribution in [0.1, 0.15) is 51.7 Å². The Balaban J connectivity index is 1.18. The first-order valence-corrected chi connectivity index (χ1v) is 19.0. The molecule has 0 amide bonds. The summed E-state index contributed by atoms with van der Waals surface area (Å²) >= 11 is 1.85. The van der Waals surface area contributed by atoms with Gasteiger partial charge >= 0.3 is 0 Å². The zero-order valence-electron chi connectivity index (χ0n) is 29.8. The summed E-state index contributed by atoms with van der Waals surface area (Å²) in [5.74, 6) is 2.01. The zero-order valence-corrected chi connectivity index (χ0v) is 30.6. The first-order chi connectivity index (χ1) is 25.2. The summed E-state index contributed by atoms with van der Waals surface area (Å²) in [5.41, 5.74) is 9.90. The Bertz CT molecular complexity index is 2790.